The zero-order chi connectivity index (χ0) is 15.1. The standard InChI is InChI=1S/C13H17ClN2O4/c1-9(4-3-7-14)15-13(17)10-5-6-12(20-2)11(8-10)16(18)19/h5-6,8-9H,3-4,7H2,1-2H3,(H,15,17). The van der Waals surface area contributed by atoms with E-state index in [1.165, 1.54) is 25.3 Å². The van der Waals surface area contributed by atoms with Crippen LogP contribution in [-0.4, -0.2) is 29.9 Å². The second-order valence-electron chi connectivity index (χ2n) is 4.35. The zero-order valence-corrected chi connectivity index (χ0v) is 12.1. The molecule has 0 saturated carbocycles. The van der Waals surface area contributed by atoms with Crippen LogP contribution in [0.3, 0.4) is 0 Å². The summed E-state index contributed by atoms with van der Waals surface area (Å²) >= 11 is 5.59. The van der Waals surface area contributed by atoms with Crippen molar-refractivity contribution in [2.45, 2.75) is 25.8 Å². The van der Waals surface area contributed by atoms with Crippen LogP contribution in [0.2, 0.25) is 0 Å². The topological polar surface area (TPSA) is 81.5 Å². The molecule has 0 aliphatic carbocycles. The summed E-state index contributed by atoms with van der Waals surface area (Å²) < 4.78 is 4.89. The van der Waals surface area contributed by atoms with Crippen molar-refractivity contribution in [1.29, 1.82) is 0 Å². The van der Waals surface area contributed by atoms with Gasteiger partial charge in [-0.05, 0) is 31.9 Å². The first-order valence-corrected chi connectivity index (χ1v) is 6.72. The van der Waals surface area contributed by atoms with Crippen molar-refractivity contribution in [2.24, 2.45) is 0 Å². The molecule has 110 valence electrons. The quantitative estimate of drug-likeness (QED) is 0.477. The van der Waals surface area contributed by atoms with Gasteiger partial charge in [-0.25, -0.2) is 0 Å². The minimum absolute atomic E-state index is 0.0394. The summed E-state index contributed by atoms with van der Waals surface area (Å²) in [4.78, 5) is 22.3. The molecule has 1 aromatic carbocycles. The van der Waals surface area contributed by atoms with Gasteiger partial charge >= 0.3 is 5.69 Å². The van der Waals surface area contributed by atoms with Crippen molar-refractivity contribution in [3.05, 3.63) is 33.9 Å². The number of nitrogens with zero attached hydrogens (tertiary/aromatic N) is 1. The SMILES string of the molecule is COc1ccc(C(=O)NC(C)CCCCl)cc1[N+](=O)[O-]. The molecule has 0 saturated heterocycles. The number of alkyl halides is 1. The maximum atomic E-state index is 12.0. The number of hydrogen-bond acceptors (Lipinski definition) is 4. The molecular weight excluding hydrogens is 284 g/mol. The fraction of sp³-hybridized carbons (Fsp3) is 0.462. The lowest BCUT2D eigenvalue weighted by atomic mass is 10.1. The number of benzene rings is 1. The molecule has 6 nitrogen and oxygen atoms in total. The molecule has 0 aromatic heterocycles. The number of carbonyl (C=O) groups is 1. The van der Waals surface area contributed by atoms with Gasteiger partial charge in [0.15, 0.2) is 5.75 Å². The molecule has 1 N–H and O–H groups in total. The van der Waals surface area contributed by atoms with Gasteiger partial charge in [0.05, 0.1) is 12.0 Å². The van der Waals surface area contributed by atoms with Crippen molar-refractivity contribution in [3.63, 3.8) is 0 Å². The van der Waals surface area contributed by atoms with Gasteiger partial charge < -0.3 is 10.1 Å². The Kier molecular flexibility index (Phi) is 6.24. The summed E-state index contributed by atoms with van der Waals surface area (Å²) in [6.07, 6.45) is 1.55. The average Bonchev–Trinajstić information content (AvgIpc) is 2.44. The molecule has 0 aliphatic heterocycles. The number of hydrogen-bond donors (Lipinski definition) is 1. The highest BCUT2D eigenvalue weighted by molar-refractivity contribution is 6.17. The van der Waals surface area contributed by atoms with Crippen LogP contribution >= 0.6 is 11.6 Å². The summed E-state index contributed by atoms with van der Waals surface area (Å²) in [5, 5.41) is 13.7. The number of rotatable bonds is 7. The highest BCUT2D eigenvalue weighted by atomic mass is 35.5. The van der Waals surface area contributed by atoms with E-state index < -0.39 is 4.92 Å². The molecule has 0 fully saturated rings. The van der Waals surface area contributed by atoms with Crippen LogP contribution in [0.25, 0.3) is 0 Å². The minimum atomic E-state index is -0.577. The minimum Gasteiger partial charge on any atom is -0.490 e. The molecule has 0 bridgehead atoms. The first-order chi connectivity index (χ1) is 9.49. The van der Waals surface area contributed by atoms with Crippen LogP contribution in [0.4, 0.5) is 5.69 Å². The molecule has 1 unspecified atom stereocenters. The van der Waals surface area contributed by atoms with E-state index in [0.717, 1.165) is 12.8 Å². The Balaban J connectivity index is 2.83. The summed E-state index contributed by atoms with van der Waals surface area (Å²) in [7, 11) is 1.34. The molecule has 0 aliphatic rings. The summed E-state index contributed by atoms with van der Waals surface area (Å²) in [6, 6.07) is 4.08. The molecule has 7 heteroatoms. The number of methoxy groups -OCH3 is 1. The number of nitro groups is 1. The maximum absolute atomic E-state index is 12.0. The van der Waals surface area contributed by atoms with Gasteiger partial charge in [0.2, 0.25) is 0 Å². The van der Waals surface area contributed by atoms with E-state index in [-0.39, 0.29) is 28.9 Å². The highest BCUT2D eigenvalue weighted by Gasteiger charge is 2.18. The maximum Gasteiger partial charge on any atom is 0.311 e. The molecule has 1 aromatic rings. The van der Waals surface area contributed by atoms with Crippen LogP contribution in [0.5, 0.6) is 5.75 Å². The summed E-state index contributed by atoms with van der Waals surface area (Å²) in [5.74, 6) is 0.313. The van der Waals surface area contributed by atoms with Gasteiger partial charge in [-0.1, -0.05) is 0 Å². The van der Waals surface area contributed by atoms with E-state index in [2.05, 4.69) is 5.32 Å². The van der Waals surface area contributed by atoms with Crippen molar-refractivity contribution < 1.29 is 14.5 Å². The van der Waals surface area contributed by atoms with E-state index in [1.54, 1.807) is 0 Å². The first-order valence-electron chi connectivity index (χ1n) is 6.18. The van der Waals surface area contributed by atoms with Crippen molar-refractivity contribution in [2.75, 3.05) is 13.0 Å². The fourth-order valence-corrected chi connectivity index (χ4v) is 1.89. The normalized spacial score (nSPS) is 11.8. The molecule has 1 amide bonds. The summed E-state index contributed by atoms with van der Waals surface area (Å²) in [6.45, 7) is 1.86. The van der Waals surface area contributed by atoms with Crippen molar-refractivity contribution >= 4 is 23.2 Å². The highest BCUT2D eigenvalue weighted by Crippen LogP contribution is 2.27. The second-order valence-corrected chi connectivity index (χ2v) is 4.73. The van der Waals surface area contributed by atoms with Gasteiger partial charge in [0.1, 0.15) is 0 Å². The Bertz CT molecular complexity index is 493. The van der Waals surface area contributed by atoms with Gasteiger partial charge in [-0.2, -0.15) is 0 Å². The van der Waals surface area contributed by atoms with Crippen LogP contribution in [-0.2, 0) is 0 Å². The third kappa shape index (κ3) is 4.38. The monoisotopic (exact) mass is 300 g/mol. The Morgan fingerprint density at radius 3 is 2.80 bits per heavy atom. The number of halogens is 1. The second kappa shape index (κ2) is 7.69. The summed E-state index contributed by atoms with van der Waals surface area (Å²) in [5.41, 5.74) is 0.00350. The van der Waals surface area contributed by atoms with Crippen LogP contribution in [0, 0.1) is 10.1 Å². The Morgan fingerprint density at radius 1 is 1.55 bits per heavy atom. The lowest BCUT2D eigenvalue weighted by Crippen LogP contribution is -2.32. The number of nitro benzene ring substituents is 1. The van der Waals surface area contributed by atoms with Crippen LogP contribution in [0.15, 0.2) is 18.2 Å². The van der Waals surface area contributed by atoms with Gasteiger partial charge in [0.25, 0.3) is 5.91 Å². The largest absolute Gasteiger partial charge is 0.490 e. The van der Waals surface area contributed by atoms with E-state index in [9.17, 15) is 14.9 Å². The molecule has 0 heterocycles. The molecule has 1 rings (SSSR count). The first kappa shape index (κ1) is 16.2. The number of ether oxygens (including phenoxy) is 1. The van der Waals surface area contributed by atoms with Gasteiger partial charge in [0, 0.05) is 23.6 Å². The smallest absolute Gasteiger partial charge is 0.311 e. The van der Waals surface area contributed by atoms with Gasteiger partial charge in [-0.15, -0.1) is 11.6 Å². The molecule has 20 heavy (non-hydrogen) atoms. The number of nitrogens with one attached hydrogen (secondary N) is 1. The average molecular weight is 301 g/mol. The van der Waals surface area contributed by atoms with E-state index in [4.69, 9.17) is 16.3 Å². The number of carbonyl (C=O) groups excluding carboxylic acids is 1. The van der Waals surface area contributed by atoms with Gasteiger partial charge in [-0.3, -0.25) is 14.9 Å². The zero-order valence-electron chi connectivity index (χ0n) is 11.4. The molecule has 1 atom stereocenters. The fourth-order valence-electron chi connectivity index (χ4n) is 1.74. The van der Waals surface area contributed by atoms with E-state index >= 15 is 0 Å². The molecular formula is C13H17ClN2O4. The number of amides is 1. The third-order valence-electron chi connectivity index (χ3n) is 2.79. The lowest BCUT2D eigenvalue weighted by molar-refractivity contribution is -0.385. The Labute approximate surface area is 122 Å². The molecule has 0 spiro atoms. The predicted molar refractivity (Wildman–Crippen MR) is 76.5 cm³/mol. The predicted octanol–water partition coefficient (Wildman–Crippen LogP) is 2.74. The van der Waals surface area contributed by atoms with Crippen LogP contribution < -0.4 is 10.1 Å². The Morgan fingerprint density at radius 2 is 2.25 bits per heavy atom. The van der Waals surface area contributed by atoms with E-state index in [0.29, 0.717) is 5.88 Å². The third-order valence-corrected chi connectivity index (χ3v) is 3.05. The lowest BCUT2D eigenvalue weighted by Gasteiger charge is -2.13. The van der Waals surface area contributed by atoms with Crippen molar-refractivity contribution in [3.8, 4) is 5.75 Å². The Hall–Kier alpha value is -1.82. The van der Waals surface area contributed by atoms with Crippen molar-refractivity contribution in [1.82, 2.24) is 5.32 Å². The van der Waals surface area contributed by atoms with Crippen LogP contribution in [0.1, 0.15) is 30.1 Å². The molecule has 0 radical (unpaired) electrons. The van der Waals surface area contributed by atoms with E-state index in [1.807, 2.05) is 6.92 Å².